The van der Waals surface area contributed by atoms with Crippen molar-refractivity contribution in [1.82, 2.24) is 15.6 Å². The molecule has 5 rings (SSSR count). The van der Waals surface area contributed by atoms with Crippen molar-refractivity contribution in [1.29, 1.82) is 0 Å². The van der Waals surface area contributed by atoms with Crippen molar-refractivity contribution < 1.29 is 23.8 Å². The third kappa shape index (κ3) is 6.97. The number of carbonyl (C=O) groups is 1. The van der Waals surface area contributed by atoms with Crippen LogP contribution in [0.15, 0.2) is 36.5 Å². The number of rotatable bonds is 9. The Balaban J connectivity index is 1.32. The van der Waals surface area contributed by atoms with Gasteiger partial charge < -0.3 is 25.2 Å². The Morgan fingerprint density at radius 3 is 2.62 bits per heavy atom. The lowest BCUT2D eigenvalue weighted by atomic mass is 9.73. The first-order chi connectivity index (χ1) is 18.6. The molecule has 1 saturated carbocycles. The normalized spacial score (nSPS) is 23.4. The van der Waals surface area contributed by atoms with E-state index in [-0.39, 0.29) is 35.3 Å². The summed E-state index contributed by atoms with van der Waals surface area (Å²) in [5.41, 5.74) is 2.97. The van der Waals surface area contributed by atoms with Crippen LogP contribution in [0.25, 0.3) is 0 Å². The third-order valence-corrected chi connectivity index (χ3v) is 8.16. The second-order valence-corrected chi connectivity index (χ2v) is 12.8. The third-order valence-electron chi connectivity index (χ3n) is 8.16. The zero-order chi connectivity index (χ0) is 27.6. The zero-order valence-electron chi connectivity index (χ0n) is 23.3. The summed E-state index contributed by atoms with van der Waals surface area (Å²) in [5.74, 6) is 0.156. The van der Waals surface area contributed by atoms with Crippen molar-refractivity contribution in [3.63, 3.8) is 0 Å². The number of aromatic nitrogens is 1. The first kappa shape index (κ1) is 28.0. The SMILES string of the molecule is CC(C)(C)Cc1cnc2c(c1)[C@@H](NC[C@H](O)[C@H](Cc1ccc(F)cc1)NC(=O)[C@H]1CCCO1)CC1(CCC1)O2. The quantitative estimate of drug-likeness (QED) is 0.437. The highest BCUT2D eigenvalue weighted by Gasteiger charge is 2.46. The molecule has 1 aromatic heterocycles. The van der Waals surface area contributed by atoms with Crippen LogP contribution in [0.1, 0.15) is 82.0 Å². The number of halogens is 1. The van der Waals surface area contributed by atoms with E-state index in [1.807, 2.05) is 6.20 Å². The minimum absolute atomic E-state index is 0.0172. The molecule has 0 bridgehead atoms. The topological polar surface area (TPSA) is 92.7 Å². The van der Waals surface area contributed by atoms with Crippen molar-refractivity contribution in [2.24, 2.45) is 5.41 Å². The molecule has 1 aromatic carbocycles. The van der Waals surface area contributed by atoms with E-state index in [1.165, 1.54) is 17.7 Å². The second-order valence-electron chi connectivity index (χ2n) is 12.8. The van der Waals surface area contributed by atoms with Crippen LogP contribution in [0.5, 0.6) is 5.88 Å². The highest BCUT2D eigenvalue weighted by molar-refractivity contribution is 5.81. The van der Waals surface area contributed by atoms with Gasteiger partial charge in [0, 0.05) is 37.4 Å². The lowest BCUT2D eigenvalue weighted by molar-refractivity contribution is -0.131. The summed E-state index contributed by atoms with van der Waals surface area (Å²) < 4.78 is 25.5. The maximum atomic E-state index is 13.5. The average molecular weight is 540 g/mol. The number of benzene rings is 1. The zero-order valence-corrected chi connectivity index (χ0v) is 23.3. The lowest BCUT2D eigenvalue weighted by Gasteiger charge is -2.47. The number of aliphatic hydroxyl groups excluding tert-OH is 1. The summed E-state index contributed by atoms with van der Waals surface area (Å²) in [6.45, 7) is 7.49. The standard InChI is InChI=1S/C31H42FN3O4/c1-30(2,3)16-21-14-23-25(17-31(11-5-12-31)39-29(23)34-18-21)33-19-26(36)24(15-20-7-9-22(32)10-8-20)35-28(37)27-6-4-13-38-27/h7-10,14,18,24-27,33,36H,4-6,11-13,15-17,19H2,1-3H3,(H,35,37)/t24-,25-,26-,27+/m0/s1. The van der Waals surface area contributed by atoms with Gasteiger partial charge in [-0.3, -0.25) is 4.79 Å². The predicted octanol–water partition coefficient (Wildman–Crippen LogP) is 4.41. The lowest BCUT2D eigenvalue weighted by Crippen LogP contribution is -2.53. The number of hydrogen-bond acceptors (Lipinski definition) is 6. The number of pyridine rings is 1. The van der Waals surface area contributed by atoms with Crippen LogP contribution in [0.4, 0.5) is 4.39 Å². The molecule has 1 spiro atoms. The van der Waals surface area contributed by atoms with Gasteiger partial charge in [-0.2, -0.15) is 0 Å². The first-order valence-electron chi connectivity index (χ1n) is 14.3. The van der Waals surface area contributed by atoms with Crippen LogP contribution in [0.2, 0.25) is 0 Å². The van der Waals surface area contributed by atoms with Gasteiger partial charge in [0.15, 0.2) is 0 Å². The fourth-order valence-electron chi connectivity index (χ4n) is 5.97. The molecular weight excluding hydrogens is 497 g/mol. The summed E-state index contributed by atoms with van der Waals surface area (Å²) in [7, 11) is 0. The highest BCUT2D eigenvalue weighted by atomic mass is 19.1. The summed E-state index contributed by atoms with van der Waals surface area (Å²) in [5, 5.41) is 18.0. The van der Waals surface area contributed by atoms with E-state index in [0.717, 1.165) is 49.7 Å². The van der Waals surface area contributed by atoms with E-state index in [9.17, 15) is 14.3 Å². The van der Waals surface area contributed by atoms with Crippen LogP contribution in [0.3, 0.4) is 0 Å². The molecule has 2 fully saturated rings. The molecule has 1 saturated heterocycles. The maximum Gasteiger partial charge on any atom is 0.249 e. The smallest absolute Gasteiger partial charge is 0.249 e. The molecule has 0 radical (unpaired) electrons. The molecule has 1 amide bonds. The molecule has 2 aromatic rings. The van der Waals surface area contributed by atoms with E-state index in [1.54, 1.807) is 12.1 Å². The molecule has 3 N–H and O–H groups in total. The largest absolute Gasteiger partial charge is 0.471 e. The molecule has 3 aliphatic rings. The Bertz CT molecular complexity index is 1140. The number of nitrogens with zero attached hydrogens (tertiary/aromatic N) is 1. The van der Waals surface area contributed by atoms with Crippen LogP contribution in [0, 0.1) is 11.2 Å². The van der Waals surface area contributed by atoms with Gasteiger partial charge in [0.05, 0.1) is 12.1 Å². The van der Waals surface area contributed by atoms with Gasteiger partial charge in [0.1, 0.15) is 17.5 Å². The second kappa shape index (κ2) is 11.5. The van der Waals surface area contributed by atoms with E-state index in [4.69, 9.17) is 14.5 Å². The van der Waals surface area contributed by atoms with Crippen LogP contribution in [-0.4, -0.2) is 53.0 Å². The predicted molar refractivity (Wildman–Crippen MR) is 147 cm³/mol. The van der Waals surface area contributed by atoms with E-state index in [2.05, 4.69) is 37.5 Å². The van der Waals surface area contributed by atoms with Crippen LogP contribution in [-0.2, 0) is 22.4 Å². The van der Waals surface area contributed by atoms with E-state index in [0.29, 0.717) is 25.3 Å². The van der Waals surface area contributed by atoms with Crippen molar-refractivity contribution in [3.8, 4) is 5.88 Å². The van der Waals surface area contributed by atoms with Crippen molar-refractivity contribution in [2.75, 3.05) is 13.2 Å². The van der Waals surface area contributed by atoms with Crippen molar-refractivity contribution >= 4 is 5.91 Å². The molecule has 0 unspecified atom stereocenters. The molecule has 7 nitrogen and oxygen atoms in total. The Morgan fingerprint density at radius 1 is 1.21 bits per heavy atom. The fourth-order valence-corrected chi connectivity index (χ4v) is 5.97. The maximum absolute atomic E-state index is 13.5. The monoisotopic (exact) mass is 539 g/mol. The van der Waals surface area contributed by atoms with Crippen LogP contribution >= 0.6 is 0 Å². The number of ether oxygens (including phenoxy) is 2. The van der Waals surface area contributed by atoms with E-state index < -0.39 is 18.2 Å². The number of hydrogen-bond donors (Lipinski definition) is 3. The molecule has 8 heteroatoms. The molecule has 2 aliphatic heterocycles. The molecule has 4 atom stereocenters. The number of carbonyl (C=O) groups excluding carboxylic acids is 1. The Kier molecular flexibility index (Phi) is 8.26. The molecule has 1 aliphatic carbocycles. The van der Waals surface area contributed by atoms with Gasteiger partial charge >= 0.3 is 0 Å². The van der Waals surface area contributed by atoms with Crippen molar-refractivity contribution in [2.45, 2.75) is 102 Å². The molecule has 39 heavy (non-hydrogen) atoms. The summed E-state index contributed by atoms with van der Waals surface area (Å²) in [4.78, 5) is 17.6. The molecular formula is C31H42FN3O4. The van der Waals surface area contributed by atoms with Gasteiger partial charge in [0.2, 0.25) is 11.8 Å². The fraction of sp³-hybridized carbons (Fsp3) is 0.613. The number of amides is 1. The number of aliphatic hydroxyl groups is 1. The van der Waals surface area contributed by atoms with Gasteiger partial charge in [-0.1, -0.05) is 32.9 Å². The highest BCUT2D eigenvalue weighted by Crippen LogP contribution is 2.48. The van der Waals surface area contributed by atoms with Gasteiger partial charge in [-0.25, -0.2) is 9.37 Å². The summed E-state index contributed by atoms with van der Waals surface area (Å²) >= 11 is 0. The number of fused-ring (bicyclic) bond motifs is 1. The van der Waals surface area contributed by atoms with Gasteiger partial charge in [0.25, 0.3) is 0 Å². The molecule has 212 valence electrons. The van der Waals surface area contributed by atoms with E-state index >= 15 is 0 Å². The Hall–Kier alpha value is -2.55. The Morgan fingerprint density at radius 2 is 1.97 bits per heavy atom. The van der Waals surface area contributed by atoms with Gasteiger partial charge in [-0.15, -0.1) is 0 Å². The minimum Gasteiger partial charge on any atom is -0.471 e. The molecule has 3 heterocycles. The van der Waals surface area contributed by atoms with Crippen LogP contribution < -0.4 is 15.4 Å². The summed E-state index contributed by atoms with van der Waals surface area (Å²) in [6.07, 6.45) is 7.34. The average Bonchev–Trinajstić information content (AvgIpc) is 3.41. The summed E-state index contributed by atoms with van der Waals surface area (Å²) in [6, 6.07) is 7.81. The van der Waals surface area contributed by atoms with Gasteiger partial charge in [-0.05, 0) is 79.7 Å². The first-order valence-corrected chi connectivity index (χ1v) is 14.3. The van der Waals surface area contributed by atoms with Crippen molar-refractivity contribution in [3.05, 3.63) is 59.0 Å². The minimum atomic E-state index is -0.866. The number of nitrogens with one attached hydrogen (secondary N) is 2. The Labute approximate surface area is 230 Å².